The Kier molecular flexibility index (Phi) is 10.0. The highest BCUT2D eigenvalue weighted by molar-refractivity contribution is 5.89. The van der Waals surface area contributed by atoms with Crippen molar-refractivity contribution in [1.29, 1.82) is 0 Å². The zero-order chi connectivity index (χ0) is 27.2. The molecule has 1 saturated heterocycles. The number of aliphatic hydroxyl groups is 1. The van der Waals surface area contributed by atoms with E-state index >= 15 is 0 Å². The van der Waals surface area contributed by atoms with Crippen LogP contribution in [0.2, 0.25) is 0 Å². The molecule has 36 heavy (non-hydrogen) atoms. The number of nitrogens with two attached hydrogens (primary N) is 1. The zero-order valence-electron chi connectivity index (χ0n) is 20.3. The van der Waals surface area contributed by atoms with Gasteiger partial charge >= 0.3 is 17.6 Å². The standard InChI is InChI=1S/C21H30FN3O11/c1-11(2)17(23)19(29)35-10-25-18(28)12(22)6-24(20(25)30)15-5-21(31,13(26)7-32-3)14(36-15)8-34-16(27)9-33-4/h6,11,14-15,17,31H,5,7-10,23H2,1-4H3/t14-,15-,17+,21-/m1/s1. The lowest BCUT2D eigenvalue weighted by atomic mass is 9.90. The fourth-order valence-electron chi connectivity index (χ4n) is 3.37. The van der Waals surface area contributed by atoms with E-state index < -0.39 is 91.7 Å². The first kappa shape index (κ1) is 29.3. The van der Waals surface area contributed by atoms with E-state index in [1.54, 1.807) is 13.8 Å². The minimum atomic E-state index is -2.29. The number of rotatable bonds is 12. The molecule has 0 bridgehead atoms. The first-order chi connectivity index (χ1) is 16.9. The molecule has 1 aliphatic rings. The summed E-state index contributed by atoms with van der Waals surface area (Å²) in [6.45, 7) is 0.817. The second-order valence-corrected chi connectivity index (χ2v) is 8.44. The number of hydrogen-bond donors (Lipinski definition) is 2. The van der Waals surface area contributed by atoms with Gasteiger partial charge in [0.1, 0.15) is 38.2 Å². The third-order valence-corrected chi connectivity index (χ3v) is 5.55. The Morgan fingerprint density at radius 1 is 1.22 bits per heavy atom. The smallest absolute Gasteiger partial charge is 0.336 e. The van der Waals surface area contributed by atoms with Crippen molar-refractivity contribution in [2.45, 2.75) is 51.0 Å². The summed E-state index contributed by atoms with van der Waals surface area (Å²) >= 11 is 0. The highest BCUT2D eigenvalue weighted by Crippen LogP contribution is 2.37. The van der Waals surface area contributed by atoms with Crippen LogP contribution in [0.25, 0.3) is 0 Å². The summed E-state index contributed by atoms with van der Waals surface area (Å²) in [7, 11) is 2.47. The fourth-order valence-corrected chi connectivity index (χ4v) is 3.37. The van der Waals surface area contributed by atoms with Crippen LogP contribution in [-0.4, -0.2) is 83.7 Å². The Morgan fingerprint density at radius 2 is 1.86 bits per heavy atom. The fraction of sp³-hybridized carbons (Fsp3) is 0.667. The molecule has 15 heteroatoms. The van der Waals surface area contributed by atoms with Crippen LogP contribution >= 0.6 is 0 Å². The van der Waals surface area contributed by atoms with Crippen molar-refractivity contribution in [3.63, 3.8) is 0 Å². The monoisotopic (exact) mass is 519 g/mol. The first-order valence-electron chi connectivity index (χ1n) is 10.9. The van der Waals surface area contributed by atoms with Crippen LogP contribution in [-0.2, 0) is 44.8 Å². The topological polar surface area (TPSA) is 188 Å². The van der Waals surface area contributed by atoms with Crippen molar-refractivity contribution in [3.8, 4) is 0 Å². The van der Waals surface area contributed by atoms with Gasteiger partial charge in [-0.3, -0.25) is 19.0 Å². The molecule has 202 valence electrons. The van der Waals surface area contributed by atoms with Gasteiger partial charge in [-0.15, -0.1) is 0 Å². The number of methoxy groups -OCH3 is 2. The van der Waals surface area contributed by atoms with Gasteiger partial charge < -0.3 is 34.5 Å². The summed E-state index contributed by atoms with van der Waals surface area (Å²) in [5.41, 5.74) is 0.848. The largest absolute Gasteiger partial charge is 0.461 e. The van der Waals surface area contributed by atoms with Gasteiger partial charge in [0, 0.05) is 20.6 Å². The third-order valence-electron chi connectivity index (χ3n) is 5.55. The van der Waals surface area contributed by atoms with Crippen molar-refractivity contribution in [3.05, 3.63) is 32.9 Å². The summed E-state index contributed by atoms with van der Waals surface area (Å²) in [4.78, 5) is 61.5. The number of ether oxygens (including phenoxy) is 5. The number of halogens is 1. The summed E-state index contributed by atoms with van der Waals surface area (Å²) < 4.78 is 40.2. The molecule has 2 heterocycles. The van der Waals surface area contributed by atoms with Crippen molar-refractivity contribution in [2.24, 2.45) is 11.7 Å². The molecule has 1 aliphatic heterocycles. The number of aromatic nitrogens is 2. The molecule has 4 atom stereocenters. The third kappa shape index (κ3) is 6.41. The van der Waals surface area contributed by atoms with Crippen LogP contribution in [0.15, 0.2) is 15.8 Å². The van der Waals surface area contributed by atoms with E-state index in [0.717, 1.165) is 0 Å². The Labute approximate surface area is 204 Å². The van der Waals surface area contributed by atoms with Crippen LogP contribution in [0.3, 0.4) is 0 Å². The van der Waals surface area contributed by atoms with Crippen LogP contribution in [0.1, 0.15) is 26.5 Å². The van der Waals surface area contributed by atoms with Crippen LogP contribution in [0.4, 0.5) is 4.39 Å². The SMILES string of the molecule is COCC(=O)OC[C@H]1O[C@@H](n2cc(F)c(=O)n(COC(=O)[C@@H](N)C(C)C)c2=O)C[C@@]1(O)C(=O)COC. The maximum atomic E-state index is 14.4. The Balaban J connectivity index is 2.37. The molecule has 0 radical (unpaired) electrons. The Morgan fingerprint density at radius 3 is 2.44 bits per heavy atom. The van der Waals surface area contributed by atoms with Gasteiger partial charge in [-0.1, -0.05) is 13.8 Å². The molecule has 2 rings (SSSR count). The van der Waals surface area contributed by atoms with Gasteiger partial charge in [0.25, 0.3) is 5.56 Å². The van der Waals surface area contributed by atoms with E-state index in [0.29, 0.717) is 15.3 Å². The van der Waals surface area contributed by atoms with Crippen LogP contribution in [0.5, 0.6) is 0 Å². The summed E-state index contributed by atoms with van der Waals surface area (Å²) in [6, 6.07) is -1.04. The minimum Gasteiger partial charge on any atom is -0.461 e. The van der Waals surface area contributed by atoms with Crippen molar-refractivity contribution in [1.82, 2.24) is 9.13 Å². The van der Waals surface area contributed by atoms with Gasteiger partial charge in [-0.2, -0.15) is 4.39 Å². The molecule has 1 aromatic rings. The van der Waals surface area contributed by atoms with Crippen molar-refractivity contribution < 1.29 is 47.6 Å². The van der Waals surface area contributed by atoms with E-state index in [1.807, 2.05) is 0 Å². The number of nitrogens with zero attached hydrogens (tertiary/aromatic N) is 2. The van der Waals surface area contributed by atoms with Crippen molar-refractivity contribution in [2.75, 3.05) is 34.0 Å². The number of carbonyl (C=O) groups is 3. The molecule has 1 fully saturated rings. The van der Waals surface area contributed by atoms with Gasteiger partial charge in [0.15, 0.2) is 18.1 Å². The molecule has 0 amide bonds. The number of carbonyl (C=O) groups excluding carboxylic acids is 3. The average molecular weight is 519 g/mol. The lowest BCUT2D eigenvalue weighted by Crippen LogP contribution is -2.50. The molecular weight excluding hydrogens is 489 g/mol. The van der Waals surface area contributed by atoms with Gasteiger partial charge in [-0.05, 0) is 5.92 Å². The Bertz CT molecular complexity index is 1090. The lowest BCUT2D eigenvalue weighted by Gasteiger charge is -2.25. The predicted octanol–water partition coefficient (Wildman–Crippen LogP) is -1.94. The number of esters is 2. The van der Waals surface area contributed by atoms with E-state index in [2.05, 4.69) is 4.74 Å². The maximum absolute atomic E-state index is 14.4. The molecule has 0 aliphatic carbocycles. The average Bonchev–Trinajstić information content (AvgIpc) is 3.17. The molecule has 0 spiro atoms. The molecule has 0 unspecified atom stereocenters. The van der Waals surface area contributed by atoms with Gasteiger partial charge in [0.2, 0.25) is 5.82 Å². The van der Waals surface area contributed by atoms with Crippen LogP contribution in [0, 0.1) is 11.7 Å². The number of hydrogen-bond acceptors (Lipinski definition) is 12. The highest BCUT2D eigenvalue weighted by atomic mass is 19.1. The summed E-state index contributed by atoms with van der Waals surface area (Å²) in [6.07, 6.45) is -2.97. The number of ketones is 1. The normalized spacial score (nSPS) is 22.4. The molecule has 0 saturated carbocycles. The zero-order valence-corrected chi connectivity index (χ0v) is 20.3. The molecule has 3 N–H and O–H groups in total. The number of Topliss-reactive ketones (excluding diaryl/α,β-unsaturated/α-hetero) is 1. The van der Waals surface area contributed by atoms with E-state index in [1.165, 1.54) is 14.2 Å². The highest BCUT2D eigenvalue weighted by Gasteiger charge is 2.54. The predicted molar refractivity (Wildman–Crippen MR) is 117 cm³/mol. The van der Waals surface area contributed by atoms with E-state index in [4.69, 9.17) is 24.7 Å². The van der Waals surface area contributed by atoms with E-state index in [-0.39, 0.29) is 5.92 Å². The van der Waals surface area contributed by atoms with E-state index in [9.17, 15) is 33.5 Å². The van der Waals surface area contributed by atoms with Crippen molar-refractivity contribution >= 4 is 17.7 Å². The minimum absolute atomic E-state index is 0.297. The van der Waals surface area contributed by atoms with Crippen LogP contribution < -0.4 is 17.0 Å². The quantitative estimate of drug-likeness (QED) is 0.291. The summed E-state index contributed by atoms with van der Waals surface area (Å²) in [5, 5.41) is 11.1. The Hall–Kier alpha value is -2.98. The first-order valence-corrected chi connectivity index (χ1v) is 10.9. The molecule has 1 aromatic heterocycles. The molecule has 0 aromatic carbocycles. The summed E-state index contributed by atoms with van der Waals surface area (Å²) in [5.74, 6) is -4.28. The second kappa shape index (κ2) is 12.3. The van der Waals surface area contributed by atoms with Gasteiger partial charge in [-0.25, -0.2) is 14.2 Å². The second-order valence-electron chi connectivity index (χ2n) is 8.44. The lowest BCUT2D eigenvalue weighted by molar-refractivity contribution is -0.164. The maximum Gasteiger partial charge on any atom is 0.336 e. The molecular formula is C21H30FN3O11. The molecule has 14 nitrogen and oxygen atoms in total. The van der Waals surface area contributed by atoms with Gasteiger partial charge in [0.05, 0.1) is 6.20 Å².